The van der Waals surface area contributed by atoms with Crippen molar-refractivity contribution in [2.24, 2.45) is 7.05 Å². The number of rotatable bonds is 2. The molecular formula is C10H8ClN3O. The van der Waals surface area contributed by atoms with Crippen molar-refractivity contribution in [2.45, 2.75) is 0 Å². The maximum atomic E-state index is 11.8. The van der Waals surface area contributed by atoms with Crippen molar-refractivity contribution in [3.05, 3.63) is 47.0 Å². The van der Waals surface area contributed by atoms with E-state index in [2.05, 4.69) is 10.1 Å². The third-order valence-electron chi connectivity index (χ3n) is 1.93. The van der Waals surface area contributed by atoms with Gasteiger partial charge in [0.05, 0.1) is 16.8 Å². The predicted molar refractivity (Wildman–Crippen MR) is 55.9 cm³/mol. The molecule has 0 fully saturated rings. The second-order valence-electron chi connectivity index (χ2n) is 3.09. The molecule has 0 bridgehead atoms. The number of hydrogen-bond acceptors (Lipinski definition) is 3. The Hall–Kier alpha value is -1.68. The van der Waals surface area contributed by atoms with Gasteiger partial charge in [-0.05, 0) is 12.1 Å². The summed E-state index contributed by atoms with van der Waals surface area (Å²) < 4.78 is 1.57. The molecule has 4 nitrogen and oxygen atoms in total. The van der Waals surface area contributed by atoms with E-state index in [1.165, 1.54) is 12.4 Å². The fraction of sp³-hybridized carbons (Fsp3) is 0.100. The smallest absolute Gasteiger partial charge is 0.214 e. The molecule has 0 radical (unpaired) electrons. The molecule has 0 aliphatic carbocycles. The van der Waals surface area contributed by atoms with E-state index < -0.39 is 0 Å². The minimum Gasteiger partial charge on any atom is -0.287 e. The van der Waals surface area contributed by atoms with E-state index in [0.717, 1.165) is 0 Å². The summed E-state index contributed by atoms with van der Waals surface area (Å²) in [7, 11) is 1.76. The molecule has 0 unspecified atom stereocenters. The Kier molecular flexibility index (Phi) is 2.51. The third-order valence-corrected chi connectivity index (χ3v) is 2.15. The summed E-state index contributed by atoms with van der Waals surface area (Å²) in [5.41, 5.74) is 0.889. The lowest BCUT2D eigenvalue weighted by molar-refractivity contribution is 0.103. The standard InChI is InChI=1S/C10H8ClN3O/c1-14-6-7(4-13-14)10(15)9-3-2-8(11)5-12-9/h2-6H,1H3. The number of nitrogens with zero attached hydrogens (tertiary/aromatic N) is 3. The first-order valence-electron chi connectivity index (χ1n) is 4.32. The second kappa shape index (κ2) is 3.82. The number of ketones is 1. The van der Waals surface area contributed by atoms with Gasteiger partial charge in [0.2, 0.25) is 5.78 Å². The van der Waals surface area contributed by atoms with Gasteiger partial charge in [-0.2, -0.15) is 5.10 Å². The van der Waals surface area contributed by atoms with Crippen LogP contribution >= 0.6 is 11.6 Å². The van der Waals surface area contributed by atoms with Crippen LogP contribution in [0.5, 0.6) is 0 Å². The normalized spacial score (nSPS) is 10.3. The summed E-state index contributed by atoms with van der Waals surface area (Å²) in [6, 6.07) is 3.23. The first kappa shape index (κ1) is 9.86. The van der Waals surface area contributed by atoms with Gasteiger partial charge in [0.1, 0.15) is 5.69 Å². The first-order chi connectivity index (χ1) is 7.16. The maximum Gasteiger partial charge on any atom is 0.214 e. The topological polar surface area (TPSA) is 47.8 Å². The number of hydrogen-bond donors (Lipinski definition) is 0. The van der Waals surface area contributed by atoms with Crippen LogP contribution in [0.15, 0.2) is 30.7 Å². The average Bonchev–Trinajstić information content (AvgIpc) is 2.65. The van der Waals surface area contributed by atoms with Crippen molar-refractivity contribution in [1.82, 2.24) is 14.8 Å². The highest BCUT2D eigenvalue weighted by atomic mass is 35.5. The fourth-order valence-electron chi connectivity index (χ4n) is 1.20. The van der Waals surface area contributed by atoms with Crippen molar-refractivity contribution in [2.75, 3.05) is 0 Å². The van der Waals surface area contributed by atoms with Crippen molar-refractivity contribution in [1.29, 1.82) is 0 Å². The molecule has 0 saturated carbocycles. The molecule has 5 heteroatoms. The maximum absolute atomic E-state index is 11.8. The van der Waals surface area contributed by atoms with E-state index in [-0.39, 0.29) is 5.78 Å². The monoisotopic (exact) mass is 221 g/mol. The van der Waals surface area contributed by atoms with Gasteiger partial charge >= 0.3 is 0 Å². The molecule has 0 aliphatic heterocycles. The Morgan fingerprint density at radius 2 is 2.20 bits per heavy atom. The SMILES string of the molecule is Cn1cc(C(=O)c2ccc(Cl)cn2)cn1. The van der Waals surface area contributed by atoms with Crippen LogP contribution in [0.2, 0.25) is 5.02 Å². The summed E-state index contributed by atoms with van der Waals surface area (Å²) in [4.78, 5) is 15.8. The van der Waals surface area contributed by atoms with Gasteiger partial charge < -0.3 is 0 Å². The molecular weight excluding hydrogens is 214 g/mol. The summed E-state index contributed by atoms with van der Waals surface area (Å²) in [5, 5.41) is 4.43. The lowest BCUT2D eigenvalue weighted by atomic mass is 10.1. The fourth-order valence-corrected chi connectivity index (χ4v) is 1.31. The Morgan fingerprint density at radius 3 is 2.73 bits per heavy atom. The van der Waals surface area contributed by atoms with Crippen LogP contribution in [0.1, 0.15) is 16.1 Å². The Labute approximate surface area is 91.5 Å². The number of aromatic nitrogens is 3. The molecule has 2 rings (SSSR count). The Morgan fingerprint density at radius 1 is 1.40 bits per heavy atom. The largest absolute Gasteiger partial charge is 0.287 e. The predicted octanol–water partition coefficient (Wildman–Crippen LogP) is 1.70. The number of carbonyl (C=O) groups is 1. The van der Waals surface area contributed by atoms with Gasteiger partial charge in [0, 0.05) is 19.4 Å². The van der Waals surface area contributed by atoms with E-state index in [1.807, 2.05) is 0 Å². The van der Waals surface area contributed by atoms with E-state index in [0.29, 0.717) is 16.3 Å². The highest BCUT2D eigenvalue weighted by Gasteiger charge is 2.11. The van der Waals surface area contributed by atoms with Gasteiger partial charge in [-0.15, -0.1) is 0 Å². The molecule has 76 valence electrons. The minimum absolute atomic E-state index is 0.153. The van der Waals surface area contributed by atoms with Gasteiger partial charge in [0.25, 0.3) is 0 Å². The van der Waals surface area contributed by atoms with Crippen LogP contribution in [-0.4, -0.2) is 20.5 Å². The summed E-state index contributed by atoms with van der Waals surface area (Å²) in [6.45, 7) is 0. The Bertz CT molecular complexity index is 490. The van der Waals surface area contributed by atoms with Crippen LogP contribution in [0.4, 0.5) is 0 Å². The first-order valence-corrected chi connectivity index (χ1v) is 4.69. The van der Waals surface area contributed by atoms with Crippen LogP contribution < -0.4 is 0 Å². The highest BCUT2D eigenvalue weighted by Crippen LogP contribution is 2.10. The van der Waals surface area contributed by atoms with E-state index in [4.69, 9.17) is 11.6 Å². The molecule has 2 aromatic rings. The molecule has 0 spiro atoms. The quantitative estimate of drug-likeness (QED) is 0.726. The van der Waals surface area contributed by atoms with E-state index >= 15 is 0 Å². The van der Waals surface area contributed by atoms with Crippen molar-refractivity contribution in [3.63, 3.8) is 0 Å². The zero-order chi connectivity index (χ0) is 10.8. The van der Waals surface area contributed by atoms with Crippen LogP contribution in [0, 0.1) is 0 Å². The Balaban J connectivity index is 2.32. The van der Waals surface area contributed by atoms with Gasteiger partial charge in [-0.3, -0.25) is 14.5 Å². The lowest BCUT2D eigenvalue weighted by Crippen LogP contribution is -2.02. The number of pyridine rings is 1. The van der Waals surface area contributed by atoms with E-state index in [1.54, 1.807) is 30.1 Å². The van der Waals surface area contributed by atoms with Crippen molar-refractivity contribution in [3.8, 4) is 0 Å². The number of aryl methyl sites for hydroxylation is 1. The molecule has 0 aliphatic rings. The molecule has 0 aromatic carbocycles. The second-order valence-corrected chi connectivity index (χ2v) is 3.53. The minimum atomic E-state index is -0.153. The molecule has 2 heterocycles. The average molecular weight is 222 g/mol. The van der Waals surface area contributed by atoms with Crippen molar-refractivity contribution >= 4 is 17.4 Å². The zero-order valence-corrected chi connectivity index (χ0v) is 8.77. The summed E-state index contributed by atoms with van der Waals surface area (Å²) in [5.74, 6) is -0.153. The van der Waals surface area contributed by atoms with Crippen LogP contribution in [-0.2, 0) is 7.05 Å². The molecule has 0 amide bonds. The molecule has 15 heavy (non-hydrogen) atoms. The highest BCUT2D eigenvalue weighted by molar-refractivity contribution is 6.30. The van der Waals surface area contributed by atoms with Gasteiger partial charge in [-0.25, -0.2) is 0 Å². The number of carbonyl (C=O) groups excluding carboxylic acids is 1. The summed E-state index contributed by atoms with van der Waals surface area (Å²) >= 11 is 5.68. The van der Waals surface area contributed by atoms with E-state index in [9.17, 15) is 4.79 Å². The third kappa shape index (κ3) is 2.05. The molecule has 0 N–H and O–H groups in total. The molecule has 0 saturated heterocycles. The lowest BCUT2D eigenvalue weighted by Gasteiger charge is -1.96. The number of halogens is 1. The van der Waals surface area contributed by atoms with Gasteiger partial charge in [0.15, 0.2) is 0 Å². The molecule has 2 aromatic heterocycles. The summed E-state index contributed by atoms with van der Waals surface area (Å²) in [6.07, 6.45) is 4.61. The zero-order valence-electron chi connectivity index (χ0n) is 8.01. The van der Waals surface area contributed by atoms with Gasteiger partial charge in [-0.1, -0.05) is 11.6 Å². The van der Waals surface area contributed by atoms with Crippen molar-refractivity contribution < 1.29 is 4.79 Å². The molecule has 0 atom stereocenters. The van der Waals surface area contributed by atoms with Crippen LogP contribution in [0.3, 0.4) is 0 Å². The van der Waals surface area contributed by atoms with Crippen LogP contribution in [0.25, 0.3) is 0 Å².